The fourth-order valence-corrected chi connectivity index (χ4v) is 10.4. The molecule has 0 amide bonds. The largest absolute Gasteiger partial charge is 0.307 e. The summed E-state index contributed by atoms with van der Waals surface area (Å²) in [7, 11) is 0. The number of pyridine rings is 1. The summed E-state index contributed by atoms with van der Waals surface area (Å²) in [5.74, 6) is 2.52. The number of rotatable bonds is 7. The van der Waals surface area contributed by atoms with E-state index in [0.717, 1.165) is 94.3 Å². The predicted octanol–water partition coefficient (Wildman–Crippen LogP) is 15.2. The lowest BCUT2D eigenvalue weighted by atomic mass is 10.0. The molecule has 0 bridgehead atoms. The molecule has 14 aromatic rings. The molecule has 0 fully saturated rings. The number of benzene rings is 9. The van der Waals surface area contributed by atoms with Gasteiger partial charge in [0.15, 0.2) is 11.6 Å². The SMILES string of the molecule is c1ccc(-c2cc(-c3cccc(-c4nc(-c5ccccc5)nc(-n5c6ccccc6c6ccc7c8ccccc8n(-c8ccccc8)c7c65)n4)c3)nc(-n3c4ccccc4c4ccccc43)c2)cc1. The van der Waals surface area contributed by atoms with Gasteiger partial charge in [0.05, 0.1) is 38.8 Å². The molecule has 0 atom stereocenters. The van der Waals surface area contributed by atoms with Crippen molar-refractivity contribution in [3.8, 4) is 62.6 Å². The quantitative estimate of drug-likeness (QED) is 0.160. The van der Waals surface area contributed by atoms with E-state index in [4.69, 9.17) is 19.9 Å². The fraction of sp³-hybridized carbons (Fsp3) is 0. The van der Waals surface area contributed by atoms with Crippen molar-refractivity contribution in [2.75, 3.05) is 0 Å². The average Bonchev–Trinajstić information content (AvgIpc) is 4.07. The van der Waals surface area contributed by atoms with E-state index >= 15 is 0 Å². The lowest BCUT2D eigenvalue weighted by Gasteiger charge is -2.14. The minimum absolute atomic E-state index is 0.533. The van der Waals surface area contributed by atoms with Crippen LogP contribution in [0.1, 0.15) is 0 Å². The zero-order chi connectivity index (χ0) is 45.4. The molecule has 7 heteroatoms. The average molecular weight is 882 g/mol. The second-order valence-corrected chi connectivity index (χ2v) is 17.5. The molecule has 9 aromatic carbocycles. The van der Waals surface area contributed by atoms with Crippen LogP contribution in [-0.2, 0) is 0 Å². The van der Waals surface area contributed by atoms with Crippen molar-refractivity contribution in [1.82, 2.24) is 33.6 Å². The van der Waals surface area contributed by atoms with Crippen LogP contribution in [0.25, 0.3) is 128 Å². The van der Waals surface area contributed by atoms with Gasteiger partial charge < -0.3 is 4.57 Å². The molecule has 0 saturated heterocycles. The van der Waals surface area contributed by atoms with Crippen LogP contribution in [0.3, 0.4) is 0 Å². The molecule has 0 saturated carbocycles. The summed E-state index contributed by atoms with van der Waals surface area (Å²) in [4.78, 5) is 21.6. The van der Waals surface area contributed by atoms with Crippen molar-refractivity contribution in [2.45, 2.75) is 0 Å². The summed E-state index contributed by atoms with van der Waals surface area (Å²) in [6, 6.07) is 83.1. The van der Waals surface area contributed by atoms with Gasteiger partial charge in [-0.2, -0.15) is 9.97 Å². The molecule has 69 heavy (non-hydrogen) atoms. The fourth-order valence-electron chi connectivity index (χ4n) is 10.4. The van der Waals surface area contributed by atoms with Crippen molar-refractivity contribution in [3.05, 3.63) is 237 Å². The van der Waals surface area contributed by atoms with E-state index < -0.39 is 0 Å². The van der Waals surface area contributed by atoms with E-state index in [0.29, 0.717) is 17.6 Å². The molecular weight excluding hydrogens is 843 g/mol. The van der Waals surface area contributed by atoms with Crippen molar-refractivity contribution < 1.29 is 0 Å². The highest BCUT2D eigenvalue weighted by atomic mass is 15.2. The topological polar surface area (TPSA) is 66.3 Å². The number of aromatic nitrogens is 7. The Morgan fingerprint density at radius 2 is 0.710 bits per heavy atom. The Bertz CT molecular complexity index is 4250. The van der Waals surface area contributed by atoms with Gasteiger partial charge in [0.25, 0.3) is 0 Å². The first kappa shape index (κ1) is 38.8. The third-order valence-electron chi connectivity index (χ3n) is 13.5. The maximum Gasteiger partial charge on any atom is 0.238 e. The Kier molecular flexibility index (Phi) is 8.75. The summed E-state index contributed by atoms with van der Waals surface area (Å²) >= 11 is 0. The summed E-state index contributed by atoms with van der Waals surface area (Å²) in [6.07, 6.45) is 0. The second-order valence-electron chi connectivity index (χ2n) is 17.5. The van der Waals surface area contributed by atoms with Crippen molar-refractivity contribution >= 4 is 65.4 Å². The summed E-state index contributed by atoms with van der Waals surface area (Å²) < 4.78 is 6.92. The molecular formula is C62H39N7. The monoisotopic (exact) mass is 881 g/mol. The van der Waals surface area contributed by atoms with Gasteiger partial charge in [0.1, 0.15) is 5.82 Å². The van der Waals surface area contributed by atoms with E-state index in [-0.39, 0.29) is 0 Å². The van der Waals surface area contributed by atoms with Crippen LogP contribution in [0.15, 0.2) is 237 Å². The molecule has 322 valence electrons. The van der Waals surface area contributed by atoms with Crippen LogP contribution >= 0.6 is 0 Å². The van der Waals surface area contributed by atoms with E-state index in [9.17, 15) is 0 Å². The van der Waals surface area contributed by atoms with Gasteiger partial charge in [-0.3, -0.25) is 9.13 Å². The Labute approximate surface area is 396 Å². The Morgan fingerprint density at radius 1 is 0.261 bits per heavy atom. The van der Waals surface area contributed by atoms with E-state index in [2.05, 4.69) is 232 Å². The van der Waals surface area contributed by atoms with Crippen LogP contribution in [0.4, 0.5) is 0 Å². The molecule has 0 aliphatic heterocycles. The van der Waals surface area contributed by atoms with Gasteiger partial charge in [-0.1, -0.05) is 182 Å². The summed E-state index contributed by atoms with van der Waals surface area (Å²) in [5, 5.41) is 6.95. The number of para-hydroxylation sites is 5. The minimum atomic E-state index is 0.533. The zero-order valence-electron chi connectivity index (χ0n) is 37.1. The zero-order valence-corrected chi connectivity index (χ0v) is 37.1. The maximum atomic E-state index is 5.48. The van der Waals surface area contributed by atoms with E-state index in [1.165, 1.54) is 16.2 Å². The molecule has 5 heterocycles. The van der Waals surface area contributed by atoms with Gasteiger partial charge in [0.2, 0.25) is 5.95 Å². The van der Waals surface area contributed by atoms with Crippen LogP contribution in [0.2, 0.25) is 0 Å². The number of fused-ring (bicyclic) bond motifs is 10. The molecule has 0 aliphatic carbocycles. The molecule has 7 nitrogen and oxygen atoms in total. The maximum absolute atomic E-state index is 5.48. The Balaban J connectivity index is 1.01. The molecule has 0 unspecified atom stereocenters. The Hall–Kier alpha value is -9.46. The van der Waals surface area contributed by atoms with Gasteiger partial charge in [-0.05, 0) is 65.7 Å². The minimum Gasteiger partial charge on any atom is -0.307 e. The molecule has 0 spiro atoms. The smallest absolute Gasteiger partial charge is 0.238 e. The lowest BCUT2D eigenvalue weighted by molar-refractivity contribution is 0.953. The van der Waals surface area contributed by atoms with Crippen LogP contribution in [-0.4, -0.2) is 33.6 Å². The van der Waals surface area contributed by atoms with Gasteiger partial charge in [-0.25, -0.2) is 9.97 Å². The standard InChI is InChI=1S/C62H39N7/c1-4-19-40(20-5-1)44-38-52(63-57(39-44)68-54-32-15-10-27-46(54)47-28-11-16-33-55(47)68)42-23-18-24-43(37-42)61-64-60(41-21-6-2-7-22-41)65-62(66-61)69-56-34-17-13-30-49(56)51-36-35-50-48-29-12-14-31-53(48)67(58(50)59(51)69)45-25-8-3-9-26-45/h1-39H. The van der Waals surface area contributed by atoms with E-state index in [1.807, 2.05) is 18.2 Å². The first-order chi connectivity index (χ1) is 34.2. The highest BCUT2D eigenvalue weighted by molar-refractivity contribution is 6.23. The Morgan fingerprint density at radius 3 is 1.32 bits per heavy atom. The lowest BCUT2D eigenvalue weighted by Crippen LogP contribution is -2.07. The molecule has 0 N–H and O–H groups in total. The number of hydrogen-bond acceptors (Lipinski definition) is 4. The number of nitrogens with zero attached hydrogens (tertiary/aromatic N) is 7. The number of hydrogen-bond donors (Lipinski definition) is 0. The van der Waals surface area contributed by atoms with E-state index in [1.54, 1.807) is 0 Å². The van der Waals surface area contributed by atoms with Gasteiger partial charge >= 0.3 is 0 Å². The second kappa shape index (κ2) is 15.6. The first-order valence-corrected chi connectivity index (χ1v) is 23.2. The van der Waals surface area contributed by atoms with Crippen LogP contribution in [0, 0.1) is 0 Å². The van der Waals surface area contributed by atoms with Gasteiger partial charge in [0, 0.05) is 54.7 Å². The van der Waals surface area contributed by atoms with Crippen LogP contribution in [0.5, 0.6) is 0 Å². The third kappa shape index (κ3) is 6.21. The first-order valence-electron chi connectivity index (χ1n) is 23.2. The van der Waals surface area contributed by atoms with Crippen LogP contribution < -0.4 is 0 Å². The van der Waals surface area contributed by atoms with Crippen molar-refractivity contribution in [3.63, 3.8) is 0 Å². The van der Waals surface area contributed by atoms with Crippen molar-refractivity contribution in [1.29, 1.82) is 0 Å². The highest BCUT2D eigenvalue weighted by Gasteiger charge is 2.24. The summed E-state index contributed by atoms with van der Waals surface area (Å²) in [6.45, 7) is 0. The molecule has 0 aliphatic rings. The van der Waals surface area contributed by atoms with Gasteiger partial charge in [-0.15, -0.1) is 0 Å². The summed E-state index contributed by atoms with van der Waals surface area (Å²) in [5.41, 5.74) is 13.3. The molecule has 5 aromatic heterocycles. The third-order valence-corrected chi connectivity index (χ3v) is 13.5. The van der Waals surface area contributed by atoms with Crippen molar-refractivity contribution in [2.24, 2.45) is 0 Å². The predicted molar refractivity (Wildman–Crippen MR) is 282 cm³/mol. The molecule has 0 radical (unpaired) electrons. The normalized spacial score (nSPS) is 11.8. The highest BCUT2D eigenvalue weighted by Crippen LogP contribution is 2.42. The molecule has 14 rings (SSSR count).